The van der Waals surface area contributed by atoms with Gasteiger partial charge in [0, 0.05) is 5.69 Å². The minimum atomic E-state index is -0.161. The van der Waals surface area contributed by atoms with E-state index < -0.39 is 0 Å². The molecule has 7 heteroatoms. The zero-order valence-electron chi connectivity index (χ0n) is 16.7. The molecule has 7 nitrogen and oxygen atoms in total. The number of quaternary nitrogens is 1. The maximum atomic E-state index is 12.4. The Kier molecular flexibility index (Phi) is 5.96. The van der Waals surface area contributed by atoms with E-state index in [2.05, 4.69) is 15.3 Å². The van der Waals surface area contributed by atoms with Gasteiger partial charge in [0.2, 0.25) is 0 Å². The second kappa shape index (κ2) is 8.59. The van der Waals surface area contributed by atoms with Crippen LogP contribution in [0.25, 0.3) is 16.6 Å². The van der Waals surface area contributed by atoms with Crippen molar-refractivity contribution in [2.45, 2.75) is 13.8 Å². The number of aromatic amines is 1. The number of amides is 1. The van der Waals surface area contributed by atoms with Gasteiger partial charge in [-0.3, -0.25) is 4.79 Å². The highest BCUT2D eigenvalue weighted by atomic mass is 16.3. The number of nitriles is 1. The Hall–Kier alpha value is -3.63. The lowest BCUT2D eigenvalue weighted by atomic mass is 10.1. The van der Waals surface area contributed by atoms with Crippen molar-refractivity contribution in [2.75, 3.05) is 25.5 Å². The van der Waals surface area contributed by atoms with Crippen molar-refractivity contribution in [2.24, 2.45) is 0 Å². The van der Waals surface area contributed by atoms with Gasteiger partial charge in [0.25, 0.3) is 5.91 Å². The Morgan fingerprint density at radius 3 is 2.69 bits per heavy atom. The summed E-state index contributed by atoms with van der Waals surface area (Å²) in [5.74, 6) is 0.0497. The molecule has 148 valence electrons. The zero-order chi connectivity index (χ0) is 21.0. The van der Waals surface area contributed by atoms with Crippen LogP contribution in [-0.4, -0.2) is 41.1 Å². The summed E-state index contributed by atoms with van der Waals surface area (Å²) in [5.41, 5.74) is 4.50. The van der Waals surface area contributed by atoms with Crippen LogP contribution in [0.5, 0.6) is 0 Å². The maximum Gasteiger partial charge on any atom is 0.279 e. The second-order valence-electron chi connectivity index (χ2n) is 7.14. The first-order chi connectivity index (χ1) is 13.9. The molecule has 3 aromatic rings. The minimum Gasteiger partial charge on any atom is -0.506 e. The molecule has 3 rings (SSSR count). The number of rotatable bonds is 6. The average molecular weight is 390 g/mol. The van der Waals surface area contributed by atoms with Crippen molar-refractivity contribution in [3.63, 3.8) is 0 Å². The molecule has 1 atom stereocenters. The van der Waals surface area contributed by atoms with Crippen LogP contribution in [0.1, 0.15) is 17.0 Å². The molecule has 2 aromatic carbocycles. The molecule has 29 heavy (non-hydrogen) atoms. The number of nitrogens with one attached hydrogen (secondary N) is 3. The molecular formula is C22H24N5O2+. The van der Waals surface area contributed by atoms with Gasteiger partial charge >= 0.3 is 0 Å². The highest BCUT2D eigenvalue weighted by molar-refractivity contribution is 5.92. The third kappa shape index (κ3) is 4.62. The van der Waals surface area contributed by atoms with E-state index in [1.54, 1.807) is 7.05 Å². The fourth-order valence-corrected chi connectivity index (χ4v) is 3.12. The van der Waals surface area contributed by atoms with E-state index in [0.717, 1.165) is 32.7 Å². The molecule has 0 aliphatic carbocycles. The van der Waals surface area contributed by atoms with Gasteiger partial charge in [-0.1, -0.05) is 24.3 Å². The van der Waals surface area contributed by atoms with Gasteiger partial charge in [-0.25, -0.2) is 4.98 Å². The molecular weight excluding hydrogens is 366 g/mol. The van der Waals surface area contributed by atoms with Crippen molar-refractivity contribution >= 4 is 28.2 Å². The number of aliphatic hydroxyl groups is 1. The van der Waals surface area contributed by atoms with E-state index in [1.807, 2.05) is 62.4 Å². The summed E-state index contributed by atoms with van der Waals surface area (Å²) in [5, 5.41) is 22.9. The first-order valence-electron chi connectivity index (χ1n) is 9.33. The highest BCUT2D eigenvalue weighted by Gasteiger charge is 2.18. The molecule has 0 aliphatic rings. The normalized spacial score (nSPS) is 12.9. The fourth-order valence-electron chi connectivity index (χ4n) is 3.12. The summed E-state index contributed by atoms with van der Waals surface area (Å²) < 4.78 is 0. The van der Waals surface area contributed by atoms with Gasteiger partial charge in [0.05, 0.1) is 18.1 Å². The van der Waals surface area contributed by atoms with Gasteiger partial charge in [-0.15, -0.1) is 0 Å². The molecule has 1 heterocycles. The lowest BCUT2D eigenvalue weighted by Gasteiger charge is -2.15. The Bertz CT molecular complexity index is 1090. The molecule has 1 unspecified atom stereocenters. The van der Waals surface area contributed by atoms with E-state index in [9.17, 15) is 15.2 Å². The Morgan fingerprint density at radius 1 is 1.21 bits per heavy atom. The number of aromatic nitrogens is 2. The van der Waals surface area contributed by atoms with E-state index in [4.69, 9.17) is 0 Å². The third-order valence-electron chi connectivity index (χ3n) is 4.84. The molecule has 4 N–H and O–H groups in total. The predicted octanol–water partition coefficient (Wildman–Crippen LogP) is 2.13. The monoisotopic (exact) mass is 390 g/mol. The second-order valence-corrected chi connectivity index (χ2v) is 7.14. The van der Waals surface area contributed by atoms with Crippen LogP contribution in [0, 0.1) is 25.2 Å². The van der Waals surface area contributed by atoms with Crippen LogP contribution in [0.4, 0.5) is 5.69 Å². The van der Waals surface area contributed by atoms with Gasteiger partial charge in [-0.05, 0) is 43.2 Å². The summed E-state index contributed by atoms with van der Waals surface area (Å²) in [7, 11) is 1.78. The van der Waals surface area contributed by atoms with Gasteiger partial charge < -0.3 is 20.3 Å². The number of carbonyl (C=O) groups is 1. The first kappa shape index (κ1) is 20.1. The number of hydrogen-bond acceptors (Lipinski definition) is 4. The van der Waals surface area contributed by atoms with Crippen LogP contribution in [0.2, 0.25) is 0 Å². The lowest BCUT2D eigenvalue weighted by Crippen LogP contribution is -3.10. The van der Waals surface area contributed by atoms with E-state index in [-0.39, 0.29) is 30.3 Å². The number of fused-ring (bicyclic) bond motifs is 1. The summed E-state index contributed by atoms with van der Waals surface area (Å²) in [6, 6.07) is 15.2. The number of aryl methyl sites for hydroxylation is 1. The highest BCUT2D eigenvalue weighted by Crippen LogP contribution is 2.19. The topological polar surface area (TPSA) is 106 Å². The number of H-pyrrole nitrogens is 1. The first-order valence-corrected chi connectivity index (χ1v) is 9.33. The quantitative estimate of drug-likeness (QED) is 0.382. The number of allylic oxidation sites excluding steroid dienone is 1. The minimum absolute atomic E-state index is 0.0792. The zero-order valence-corrected chi connectivity index (χ0v) is 16.7. The number of likely N-dealkylation sites (N-methyl/N-ethyl adjacent to an activating group) is 1. The van der Waals surface area contributed by atoms with Gasteiger partial charge in [0.1, 0.15) is 18.2 Å². The molecule has 0 spiro atoms. The van der Waals surface area contributed by atoms with E-state index in [1.165, 1.54) is 0 Å². The molecule has 0 bridgehead atoms. The van der Waals surface area contributed by atoms with Crippen LogP contribution in [0.15, 0.2) is 48.2 Å². The molecule has 0 fully saturated rings. The smallest absolute Gasteiger partial charge is 0.279 e. The molecule has 0 aliphatic heterocycles. The van der Waals surface area contributed by atoms with E-state index in [0.29, 0.717) is 5.82 Å². The van der Waals surface area contributed by atoms with Crippen LogP contribution < -0.4 is 10.2 Å². The summed E-state index contributed by atoms with van der Waals surface area (Å²) in [6.45, 7) is 4.23. The van der Waals surface area contributed by atoms with Crippen molar-refractivity contribution in [1.29, 1.82) is 5.26 Å². The van der Waals surface area contributed by atoms with Crippen molar-refractivity contribution in [3.8, 4) is 6.07 Å². The predicted molar refractivity (Wildman–Crippen MR) is 112 cm³/mol. The van der Waals surface area contributed by atoms with Crippen LogP contribution >= 0.6 is 0 Å². The lowest BCUT2D eigenvalue weighted by molar-refractivity contribution is -0.867. The number of nitrogens with zero attached hydrogens (tertiary/aromatic N) is 2. The third-order valence-corrected chi connectivity index (χ3v) is 4.84. The number of para-hydroxylation sites is 2. The molecule has 0 radical (unpaired) electrons. The summed E-state index contributed by atoms with van der Waals surface area (Å²) >= 11 is 0. The Morgan fingerprint density at radius 2 is 1.97 bits per heavy atom. The van der Waals surface area contributed by atoms with Crippen LogP contribution in [-0.2, 0) is 4.79 Å². The van der Waals surface area contributed by atoms with Crippen molar-refractivity contribution in [1.82, 2.24) is 9.97 Å². The largest absolute Gasteiger partial charge is 0.506 e. The standard InChI is InChI=1S/C22H23N5O2/c1-14-7-6-10-17(15(14)2)24-21(29)13-27(3)12-20(28)16(11-23)22-25-18-8-4-5-9-19(18)26-22/h4-10,28H,12-13H2,1-3H3,(H,24,29)(H,25,26)/p+1/b20-16-. The Labute approximate surface area is 169 Å². The maximum absolute atomic E-state index is 12.4. The molecule has 0 saturated heterocycles. The van der Waals surface area contributed by atoms with Gasteiger partial charge in [-0.2, -0.15) is 5.26 Å². The van der Waals surface area contributed by atoms with E-state index >= 15 is 0 Å². The molecule has 0 saturated carbocycles. The summed E-state index contributed by atoms with van der Waals surface area (Å²) in [4.78, 5) is 20.5. The number of benzene rings is 2. The fraction of sp³-hybridized carbons (Fsp3) is 0.227. The van der Waals surface area contributed by atoms with Crippen LogP contribution in [0.3, 0.4) is 0 Å². The van der Waals surface area contributed by atoms with Crippen molar-refractivity contribution in [3.05, 3.63) is 65.2 Å². The van der Waals surface area contributed by atoms with Gasteiger partial charge in [0.15, 0.2) is 18.1 Å². The molecule has 1 amide bonds. The summed E-state index contributed by atoms with van der Waals surface area (Å²) in [6.07, 6.45) is 0. The number of carbonyl (C=O) groups excluding carboxylic acids is 1. The average Bonchev–Trinajstić information content (AvgIpc) is 3.09. The SMILES string of the molecule is Cc1cccc(NC(=O)C[NH+](C)C/C(O)=C(\C#N)c2nc3ccccc3[nH]2)c1C. The Balaban J connectivity index is 1.69. The number of anilines is 1. The number of aliphatic hydroxyl groups excluding tert-OH is 1. The number of hydrogen-bond donors (Lipinski definition) is 4. The number of imidazole rings is 1. The molecule has 1 aromatic heterocycles. The van der Waals surface area contributed by atoms with Crippen molar-refractivity contribution < 1.29 is 14.8 Å².